The van der Waals surface area contributed by atoms with Crippen LogP contribution >= 0.6 is 11.6 Å². The number of nitriles is 1. The smallest absolute Gasteiger partial charge is 0.331 e. The summed E-state index contributed by atoms with van der Waals surface area (Å²) in [6, 6.07) is 11.4. The van der Waals surface area contributed by atoms with Crippen LogP contribution in [0.4, 0.5) is 13.2 Å². The van der Waals surface area contributed by atoms with Gasteiger partial charge in [-0.15, -0.1) is 0 Å². The van der Waals surface area contributed by atoms with Gasteiger partial charge < -0.3 is 4.90 Å². The number of hydrogen-bond donors (Lipinski definition) is 0. The lowest BCUT2D eigenvalue weighted by molar-refractivity contribution is -0.151. The molecule has 1 amide bonds. The Kier molecular flexibility index (Phi) is 5.90. The maximum atomic E-state index is 13.5. The fraction of sp³-hybridized carbons (Fsp3) is 0.364. The minimum absolute atomic E-state index is 0.0621. The molecule has 7 heteroatoms. The van der Waals surface area contributed by atoms with Crippen LogP contribution in [0.5, 0.6) is 0 Å². The molecule has 0 saturated carbocycles. The maximum absolute atomic E-state index is 13.5. The fourth-order valence-corrected chi connectivity index (χ4v) is 4.27. The first kappa shape index (κ1) is 21.2. The van der Waals surface area contributed by atoms with Crippen molar-refractivity contribution in [3.63, 3.8) is 0 Å². The van der Waals surface area contributed by atoms with Gasteiger partial charge in [-0.25, -0.2) is 0 Å². The normalized spacial score (nSPS) is 17.0. The van der Waals surface area contributed by atoms with E-state index in [0.717, 1.165) is 5.56 Å². The van der Waals surface area contributed by atoms with E-state index in [1.54, 1.807) is 42.2 Å². The van der Waals surface area contributed by atoms with Crippen LogP contribution in [0.15, 0.2) is 36.4 Å². The topological polar surface area (TPSA) is 44.1 Å². The third-order valence-electron chi connectivity index (χ3n) is 5.56. The molecule has 0 radical (unpaired) electrons. The molecule has 0 aromatic heterocycles. The Balaban J connectivity index is 1.92. The van der Waals surface area contributed by atoms with E-state index in [4.69, 9.17) is 11.6 Å². The molecule has 0 spiro atoms. The molecule has 3 rings (SSSR count). The van der Waals surface area contributed by atoms with Gasteiger partial charge in [0.1, 0.15) is 0 Å². The number of carbonyl (C=O) groups excluding carboxylic acids is 1. The van der Waals surface area contributed by atoms with Gasteiger partial charge in [-0.1, -0.05) is 42.8 Å². The third-order valence-corrected chi connectivity index (χ3v) is 5.92. The third kappa shape index (κ3) is 3.97. The van der Waals surface area contributed by atoms with E-state index in [1.807, 2.05) is 6.07 Å². The van der Waals surface area contributed by atoms with Crippen molar-refractivity contribution in [1.82, 2.24) is 4.90 Å². The number of amides is 1. The van der Waals surface area contributed by atoms with E-state index in [-0.39, 0.29) is 36.9 Å². The highest BCUT2D eigenvalue weighted by molar-refractivity contribution is 6.31. The van der Waals surface area contributed by atoms with Crippen LogP contribution in [0, 0.1) is 11.3 Å². The summed E-state index contributed by atoms with van der Waals surface area (Å²) in [6.07, 6.45) is -4.48. The second-order valence-electron chi connectivity index (χ2n) is 7.17. The van der Waals surface area contributed by atoms with Gasteiger partial charge >= 0.3 is 6.18 Å². The Hall–Kier alpha value is -2.52. The molecule has 2 aromatic rings. The average Bonchev–Trinajstić information content (AvgIpc) is 3.00. The highest BCUT2D eigenvalue weighted by Gasteiger charge is 2.42. The van der Waals surface area contributed by atoms with Gasteiger partial charge in [0.05, 0.1) is 30.0 Å². The summed E-state index contributed by atoms with van der Waals surface area (Å²) < 4.78 is 40.6. The van der Waals surface area contributed by atoms with Crippen LogP contribution in [0.2, 0.25) is 5.02 Å². The Morgan fingerprint density at radius 2 is 2.00 bits per heavy atom. The molecule has 1 aliphatic rings. The predicted molar refractivity (Wildman–Crippen MR) is 104 cm³/mol. The van der Waals surface area contributed by atoms with E-state index >= 15 is 0 Å². The lowest BCUT2D eigenvalue weighted by atomic mass is 9.89. The van der Waals surface area contributed by atoms with Gasteiger partial charge in [-0.05, 0) is 47.7 Å². The molecule has 0 fully saturated rings. The summed E-state index contributed by atoms with van der Waals surface area (Å²) in [5.74, 6) is -1.84. The fourth-order valence-electron chi connectivity index (χ4n) is 4.03. The van der Waals surface area contributed by atoms with Gasteiger partial charge in [0.15, 0.2) is 0 Å². The summed E-state index contributed by atoms with van der Waals surface area (Å²) in [4.78, 5) is 14.6. The summed E-state index contributed by atoms with van der Waals surface area (Å²) in [5, 5.41) is 9.60. The molecule has 1 aliphatic heterocycles. The molecular formula is C22H20ClF3N2O. The van der Waals surface area contributed by atoms with Crippen molar-refractivity contribution in [2.75, 3.05) is 0 Å². The van der Waals surface area contributed by atoms with Crippen molar-refractivity contribution in [3.05, 3.63) is 69.2 Å². The molecule has 29 heavy (non-hydrogen) atoms. The van der Waals surface area contributed by atoms with Crippen molar-refractivity contribution >= 4 is 17.5 Å². The zero-order valence-corrected chi connectivity index (χ0v) is 16.8. The molecule has 0 N–H and O–H groups in total. The molecule has 152 valence electrons. The molecule has 2 atom stereocenters. The molecule has 2 aromatic carbocycles. The number of hydrogen-bond acceptors (Lipinski definition) is 2. The second kappa shape index (κ2) is 8.08. The molecule has 3 nitrogen and oxygen atoms in total. The van der Waals surface area contributed by atoms with Crippen LogP contribution in [-0.2, 0) is 17.8 Å². The van der Waals surface area contributed by atoms with Crippen LogP contribution in [0.3, 0.4) is 0 Å². The van der Waals surface area contributed by atoms with Crippen LogP contribution in [0.25, 0.3) is 0 Å². The van der Waals surface area contributed by atoms with E-state index in [0.29, 0.717) is 21.7 Å². The molecule has 2 unspecified atom stereocenters. The quantitative estimate of drug-likeness (QED) is 0.616. The number of rotatable bonds is 4. The lowest BCUT2D eigenvalue weighted by Crippen LogP contribution is -2.30. The van der Waals surface area contributed by atoms with Crippen molar-refractivity contribution in [1.29, 1.82) is 5.26 Å². The monoisotopic (exact) mass is 420 g/mol. The lowest BCUT2D eigenvalue weighted by Gasteiger charge is -2.23. The number of fused-ring (bicyclic) bond motifs is 1. The molecular weight excluding hydrogens is 401 g/mol. The zero-order valence-electron chi connectivity index (χ0n) is 16.1. The van der Waals surface area contributed by atoms with Crippen molar-refractivity contribution in [2.24, 2.45) is 0 Å². The number of nitrogens with zero attached hydrogens (tertiary/aromatic N) is 2. The van der Waals surface area contributed by atoms with Gasteiger partial charge in [-0.2, -0.15) is 18.4 Å². The first-order chi connectivity index (χ1) is 13.7. The maximum Gasteiger partial charge on any atom is 0.395 e. The van der Waals surface area contributed by atoms with E-state index in [9.17, 15) is 23.2 Å². The van der Waals surface area contributed by atoms with Crippen molar-refractivity contribution in [3.8, 4) is 6.07 Å². The Labute approximate surface area is 172 Å². The van der Waals surface area contributed by atoms with Crippen molar-refractivity contribution in [2.45, 2.75) is 51.4 Å². The number of halogens is 4. The van der Waals surface area contributed by atoms with Crippen LogP contribution in [-0.4, -0.2) is 17.0 Å². The number of alkyl halides is 3. The molecule has 0 aliphatic carbocycles. The standard InChI is InChI=1S/C22H20ClF3N2O/c1-3-19(22(24,25)26)16-8-5-7-15-13(2)28(12-18(15)16)21(29)10-17-14(11-27)6-4-9-20(17)23/h4-9,13,19H,3,10,12H2,1-2H3. The first-order valence-corrected chi connectivity index (χ1v) is 9.72. The second-order valence-corrected chi connectivity index (χ2v) is 7.58. The Bertz CT molecular complexity index is 981. The average molecular weight is 421 g/mol. The highest BCUT2D eigenvalue weighted by atomic mass is 35.5. The molecule has 1 heterocycles. The first-order valence-electron chi connectivity index (χ1n) is 9.34. The summed E-state index contributed by atoms with van der Waals surface area (Å²) >= 11 is 6.17. The van der Waals surface area contributed by atoms with E-state index in [2.05, 4.69) is 0 Å². The van der Waals surface area contributed by atoms with Crippen LogP contribution in [0.1, 0.15) is 60.0 Å². The van der Waals surface area contributed by atoms with Gasteiger partial charge in [0.25, 0.3) is 0 Å². The number of carbonyl (C=O) groups is 1. The van der Waals surface area contributed by atoms with E-state index < -0.39 is 12.1 Å². The summed E-state index contributed by atoms with van der Waals surface area (Å²) in [6.45, 7) is 3.43. The van der Waals surface area contributed by atoms with Gasteiger partial charge in [0.2, 0.25) is 5.91 Å². The SMILES string of the molecule is CCC(c1cccc2c1CN(C(=O)Cc1c(Cl)cccc1C#N)C2C)C(F)(F)F. The van der Waals surface area contributed by atoms with Crippen LogP contribution < -0.4 is 0 Å². The number of benzene rings is 2. The Morgan fingerprint density at radius 3 is 2.62 bits per heavy atom. The minimum Gasteiger partial charge on any atom is -0.331 e. The largest absolute Gasteiger partial charge is 0.395 e. The van der Waals surface area contributed by atoms with Gasteiger partial charge in [0, 0.05) is 11.6 Å². The van der Waals surface area contributed by atoms with Crippen molar-refractivity contribution < 1.29 is 18.0 Å². The van der Waals surface area contributed by atoms with Gasteiger partial charge in [-0.3, -0.25) is 4.79 Å². The molecule has 0 bridgehead atoms. The predicted octanol–water partition coefficient (Wildman–Crippen LogP) is 5.91. The zero-order chi connectivity index (χ0) is 21.3. The molecule has 0 saturated heterocycles. The summed E-state index contributed by atoms with van der Waals surface area (Å²) in [7, 11) is 0. The summed E-state index contributed by atoms with van der Waals surface area (Å²) in [5.41, 5.74) is 2.29. The highest BCUT2D eigenvalue weighted by Crippen LogP contribution is 2.44. The Morgan fingerprint density at radius 1 is 1.31 bits per heavy atom. The van der Waals surface area contributed by atoms with E-state index in [1.165, 1.54) is 13.0 Å². The minimum atomic E-state index is -4.34.